The Morgan fingerprint density at radius 2 is 2.20 bits per heavy atom. The highest BCUT2D eigenvalue weighted by molar-refractivity contribution is 7.98. The highest BCUT2D eigenvalue weighted by Gasteiger charge is 2.11. The SMILES string of the molecule is CCCc1ccc(SC)cc1C(=O)OC. The number of ether oxygens (including phenoxy) is 1. The minimum absolute atomic E-state index is 0.241. The van der Waals surface area contributed by atoms with Crippen molar-refractivity contribution in [2.45, 2.75) is 24.7 Å². The first-order valence-electron chi connectivity index (χ1n) is 4.98. The van der Waals surface area contributed by atoms with Crippen LogP contribution >= 0.6 is 11.8 Å². The average Bonchev–Trinajstić information content (AvgIpc) is 2.29. The molecule has 0 heterocycles. The summed E-state index contributed by atoms with van der Waals surface area (Å²) in [6.07, 6.45) is 3.94. The van der Waals surface area contributed by atoms with E-state index in [9.17, 15) is 4.79 Å². The number of carbonyl (C=O) groups excluding carboxylic acids is 1. The van der Waals surface area contributed by atoms with Gasteiger partial charge in [-0.05, 0) is 30.4 Å². The lowest BCUT2D eigenvalue weighted by molar-refractivity contribution is 0.0599. The van der Waals surface area contributed by atoms with E-state index < -0.39 is 0 Å². The fourth-order valence-corrected chi connectivity index (χ4v) is 1.91. The molecule has 2 nitrogen and oxygen atoms in total. The largest absolute Gasteiger partial charge is 0.465 e. The molecule has 0 amide bonds. The molecule has 0 N–H and O–H groups in total. The van der Waals surface area contributed by atoms with Crippen molar-refractivity contribution in [1.82, 2.24) is 0 Å². The smallest absolute Gasteiger partial charge is 0.338 e. The summed E-state index contributed by atoms with van der Waals surface area (Å²) >= 11 is 1.63. The maximum atomic E-state index is 11.5. The highest BCUT2D eigenvalue weighted by atomic mass is 32.2. The summed E-state index contributed by atoms with van der Waals surface area (Å²) in [6, 6.07) is 5.96. The summed E-state index contributed by atoms with van der Waals surface area (Å²) in [5.74, 6) is -0.241. The Kier molecular flexibility index (Phi) is 4.69. The van der Waals surface area contributed by atoms with Gasteiger partial charge in [0.1, 0.15) is 0 Å². The lowest BCUT2D eigenvalue weighted by Crippen LogP contribution is -2.05. The van der Waals surface area contributed by atoms with Gasteiger partial charge in [0.2, 0.25) is 0 Å². The molecule has 82 valence electrons. The predicted octanol–water partition coefficient (Wildman–Crippen LogP) is 3.15. The fraction of sp³-hybridized carbons (Fsp3) is 0.417. The molecule has 0 aliphatic rings. The van der Waals surface area contributed by atoms with Crippen molar-refractivity contribution in [1.29, 1.82) is 0 Å². The monoisotopic (exact) mass is 224 g/mol. The van der Waals surface area contributed by atoms with E-state index in [4.69, 9.17) is 4.74 Å². The quantitative estimate of drug-likeness (QED) is 0.580. The molecule has 0 unspecified atom stereocenters. The molecule has 1 aromatic rings. The molecule has 15 heavy (non-hydrogen) atoms. The third-order valence-electron chi connectivity index (χ3n) is 2.24. The second kappa shape index (κ2) is 5.81. The number of thioether (sulfide) groups is 1. The van der Waals surface area contributed by atoms with Gasteiger partial charge in [-0.3, -0.25) is 0 Å². The second-order valence-corrected chi connectivity index (χ2v) is 4.14. The van der Waals surface area contributed by atoms with Crippen molar-refractivity contribution in [3.63, 3.8) is 0 Å². The van der Waals surface area contributed by atoms with Crippen LogP contribution in [0.1, 0.15) is 29.3 Å². The Hall–Kier alpha value is -0.960. The molecule has 1 rings (SSSR count). The topological polar surface area (TPSA) is 26.3 Å². The summed E-state index contributed by atoms with van der Waals surface area (Å²) in [5.41, 5.74) is 1.77. The number of aryl methyl sites for hydroxylation is 1. The maximum absolute atomic E-state index is 11.5. The van der Waals surface area contributed by atoms with Crippen LogP contribution in [0.2, 0.25) is 0 Å². The van der Waals surface area contributed by atoms with E-state index in [0.717, 1.165) is 23.3 Å². The highest BCUT2D eigenvalue weighted by Crippen LogP contribution is 2.21. The fourth-order valence-electron chi connectivity index (χ4n) is 1.47. The zero-order chi connectivity index (χ0) is 11.3. The number of benzene rings is 1. The Balaban J connectivity index is 3.10. The molecule has 0 aliphatic heterocycles. The summed E-state index contributed by atoms with van der Waals surface area (Å²) < 4.78 is 4.77. The zero-order valence-electron chi connectivity index (χ0n) is 9.37. The maximum Gasteiger partial charge on any atom is 0.338 e. The minimum atomic E-state index is -0.241. The standard InChI is InChI=1S/C12H16O2S/c1-4-5-9-6-7-10(15-3)8-11(9)12(13)14-2/h6-8H,4-5H2,1-3H3. The van der Waals surface area contributed by atoms with Gasteiger partial charge in [-0.1, -0.05) is 19.4 Å². The summed E-state index contributed by atoms with van der Waals surface area (Å²) in [6.45, 7) is 2.10. The lowest BCUT2D eigenvalue weighted by atomic mass is 10.0. The van der Waals surface area contributed by atoms with Crippen LogP contribution in [0.4, 0.5) is 0 Å². The molecule has 0 saturated heterocycles. The summed E-state index contributed by atoms with van der Waals surface area (Å²) in [7, 11) is 1.42. The van der Waals surface area contributed by atoms with Crippen LogP contribution in [0.25, 0.3) is 0 Å². The first kappa shape index (κ1) is 12.1. The number of rotatable bonds is 4. The van der Waals surface area contributed by atoms with Gasteiger partial charge in [0.15, 0.2) is 0 Å². The van der Waals surface area contributed by atoms with E-state index >= 15 is 0 Å². The molecule has 1 aromatic carbocycles. The molecule has 0 fully saturated rings. The van der Waals surface area contributed by atoms with Gasteiger partial charge < -0.3 is 4.74 Å². The van der Waals surface area contributed by atoms with Crippen LogP contribution in [-0.4, -0.2) is 19.3 Å². The zero-order valence-corrected chi connectivity index (χ0v) is 10.2. The molecule has 0 saturated carbocycles. The molecule has 0 aliphatic carbocycles. The molecular weight excluding hydrogens is 208 g/mol. The molecular formula is C12H16O2S. The number of carbonyl (C=O) groups is 1. The van der Waals surface area contributed by atoms with Crippen molar-refractivity contribution in [3.05, 3.63) is 29.3 Å². The van der Waals surface area contributed by atoms with Crippen molar-refractivity contribution < 1.29 is 9.53 Å². The molecule has 3 heteroatoms. The van der Waals surface area contributed by atoms with Gasteiger partial charge in [-0.25, -0.2) is 4.79 Å². The van der Waals surface area contributed by atoms with Crippen LogP contribution in [0.5, 0.6) is 0 Å². The van der Waals surface area contributed by atoms with Crippen LogP contribution in [0.15, 0.2) is 23.1 Å². The van der Waals surface area contributed by atoms with Crippen LogP contribution in [-0.2, 0) is 11.2 Å². The Morgan fingerprint density at radius 3 is 2.73 bits per heavy atom. The van der Waals surface area contributed by atoms with E-state index in [1.807, 2.05) is 24.5 Å². The molecule has 0 aromatic heterocycles. The second-order valence-electron chi connectivity index (χ2n) is 3.26. The Morgan fingerprint density at radius 1 is 1.47 bits per heavy atom. The van der Waals surface area contributed by atoms with Gasteiger partial charge in [0.25, 0.3) is 0 Å². The van der Waals surface area contributed by atoms with Crippen molar-refractivity contribution in [2.24, 2.45) is 0 Å². The van der Waals surface area contributed by atoms with E-state index in [1.165, 1.54) is 7.11 Å². The minimum Gasteiger partial charge on any atom is -0.465 e. The lowest BCUT2D eigenvalue weighted by Gasteiger charge is -2.08. The normalized spacial score (nSPS) is 10.1. The van der Waals surface area contributed by atoms with Crippen molar-refractivity contribution >= 4 is 17.7 Å². The van der Waals surface area contributed by atoms with Crippen molar-refractivity contribution in [2.75, 3.05) is 13.4 Å². The van der Waals surface area contributed by atoms with Crippen molar-refractivity contribution in [3.8, 4) is 0 Å². The number of hydrogen-bond donors (Lipinski definition) is 0. The third kappa shape index (κ3) is 2.99. The number of methoxy groups -OCH3 is 1. The van der Waals surface area contributed by atoms with Crippen LogP contribution < -0.4 is 0 Å². The Labute approximate surface area is 95.0 Å². The van der Waals surface area contributed by atoms with Gasteiger partial charge in [0, 0.05) is 4.90 Å². The number of esters is 1. The first-order valence-corrected chi connectivity index (χ1v) is 6.20. The van der Waals surface area contributed by atoms with Gasteiger partial charge in [-0.15, -0.1) is 11.8 Å². The molecule has 0 bridgehead atoms. The van der Waals surface area contributed by atoms with E-state index in [2.05, 4.69) is 6.92 Å². The summed E-state index contributed by atoms with van der Waals surface area (Å²) in [5, 5.41) is 0. The van der Waals surface area contributed by atoms with E-state index in [1.54, 1.807) is 11.8 Å². The van der Waals surface area contributed by atoms with E-state index in [0.29, 0.717) is 5.56 Å². The molecule has 0 radical (unpaired) electrons. The van der Waals surface area contributed by atoms with Crippen LogP contribution in [0.3, 0.4) is 0 Å². The number of hydrogen-bond acceptors (Lipinski definition) is 3. The van der Waals surface area contributed by atoms with Gasteiger partial charge >= 0.3 is 5.97 Å². The summed E-state index contributed by atoms with van der Waals surface area (Å²) in [4.78, 5) is 12.6. The predicted molar refractivity (Wildman–Crippen MR) is 63.6 cm³/mol. The molecule has 0 spiro atoms. The van der Waals surface area contributed by atoms with Gasteiger partial charge in [0.05, 0.1) is 12.7 Å². The first-order chi connectivity index (χ1) is 7.22. The third-order valence-corrected chi connectivity index (χ3v) is 2.97. The van der Waals surface area contributed by atoms with Gasteiger partial charge in [-0.2, -0.15) is 0 Å². The van der Waals surface area contributed by atoms with E-state index in [-0.39, 0.29) is 5.97 Å². The average molecular weight is 224 g/mol. The molecule has 0 atom stereocenters. The van der Waals surface area contributed by atoms with Crippen LogP contribution in [0, 0.1) is 0 Å². The Bertz CT molecular complexity index is 347.